The van der Waals surface area contributed by atoms with Crippen LogP contribution in [-0.2, 0) is 13.1 Å². The largest absolute Gasteiger partial charge is 0.490 e. The first-order chi connectivity index (χ1) is 13.6. The van der Waals surface area contributed by atoms with Crippen LogP contribution in [0.2, 0.25) is 0 Å². The van der Waals surface area contributed by atoms with Crippen molar-refractivity contribution in [3.63, 3.8) is 0 Å². The van der Waals surface area contributed by atoms with E-state index in [2.05, 4.69) is 14.9 Å². The van der Waals surface area contributed by atoms with Gasteiger partial charge in [-0.25, -0.2) is 8.78 Å². The molecule has 28 heavy (non-hydrogen) atoms. The van der Waals surface area contributed by atoms with Crippen LogP contribution < -0.4 is 4.74 Å². The quantitative estimate of drug-likeness (QED) is 0.641. The monoisotopic (exact) mass is 386 g/mol. The Hall–Kier alpha value is -2.54. The Bertz CT molecular complexity index is 935. The molecule has 1 aromatic carbocycles. The van der Waals surface area contributed by atoms with Crippen molar-refractivity contribution >= 4 is 10.9 Å². The van der Waals surface area contributed by atoms with Crippen LogP contribution in [0.15, 0.2) is 42.9 Å². The molecule has 2 aromatic heterocycles. The van der Waals surface area contributed by atoms with Gasteiger partial charge in [-0.05, 0) is 38.0 Å². The van der Waals surface area contributed by atoms with Gasteiger partial charge in [-0.15, -0.1) is 0 Å². The van der Waals surface area contributed by atoms with Gasteiger partial charge in [0.1, 0.15) is 11.9 Å². The van der Waals surface area contributed by atoms with Crippen LogP contribution in [0.25, 0.3) is 10.9 Å². The molecule has 0 bridgehead atoms. The molecule has 0 spiro atoms. The summed E-state index contributed by atoms with van der Waals surface area (Å²) in [5, 5.41) is 0.889. The average Bonchev–Trinajstić information content (AvgIpc) is 3.07. The third-order valence-electron chi connectivity index (χ3n) is 5.13. The number of ether oxygens (including phenoxy) is 1. The zero-order valence-corrected chi connectivity index (χ0v) is 15.9. The van der Waals surface area contributed by atoms with Gasteiger partial charge in [0.15, 0.2) is 0 Å². The van der Waals surface area contributed by atoms with Crippen molar-refractivity contribution in [2.75, 3.05) is 13.1 Å². The molecule has 0 aliphatic carbocycles. The van der Waals surface area contributed by atoms with E-state index < -0.39 is 6.43 Å². The van der Waals surface area contributed by atoms with E-state index in [-0.39, 0.29) is 12.6 Å². The molecule has 3 heterocycles. The maximum atomic E-state index is 12.7. The Labute approximate surface area is 163 Å². The van der Waals surface area contributed by atoms with Crippen LogP contribution in [0.5, 0.6) is 5.75 Å². The molecule has 0 N–H and O–H groups in total. The maximum Gasteiger partial charge on any atom is 0.256 e. The smallest absolute Gasteiger partial charge is 0.256 e. The van der Waals surface area contributed by atoms with E-state index in [1.54, 1.807) is 17.0 Å². The molecule has 148 valence electrons. The predicted molar refractivity (Wildman–Crippen MR) is 104 cm³/mol. The molecule has 0 unspecified atom stereocenters. The maximum absolute atomic E-state index is 12.7. The highest BCUT2D eigenvalue weighted by molar-refractivity contribution is 5.86. The number of benzene rings is 1. The topological polar surface area (TPSA) is 43.2 Å². The van der Waals surface area contributed by atoms with Crippen LogP contribution >= 0.6 is 0 Å². The number of hydrogen-bond donors (Lipinski definition) is 0. The molecule has 0 radical (unpaired) electrons. The highest BCUT2D eigenvalue weighted by Crippen LogP contribution is 2.29. The van der Waals surface area contributed by atoms with Gasteiger partial charge in [-0.2, -0.15) is 0 Å². The molecule has 1 aliphatic rings. The highest BCUT2D eigenvalue weighted by atomic mass is 19.3. The fourth-order valence-corrected chi connectivity index (χ4v) is 3.79. The van der Waals surface area contributed by atoms with Crippen molar-refractivity contribution in [1.29, 1.82) is 0 Å². The third-order valence-corrected chi connectivity index (χ3v) is 5.13. The predicted octanol–water partition coefficient (Wildman–Crippen LogP) is 4.05. The lowest BCUT2D eigenvalue weighted by Gasteiger charge is -2.32. The number of halogens is 2. The van der Waals surface area contributed by atoms with E-state index in [4.69, 9.17) is 4.74 Å². The standard InChI is InChI=1S/C21H24F2N4O/c1-15-11-24-12-16(25-15)13-26-8-5-17(6-9-26)28-20-4-2-3-19-18(20)7-10-27(19)14-21(22)23/h2-4,7,10-12,17,21H,5-6,8-9,13-14H2,1H3. The minimum Gasteiger partial charge on any atom is -0.490 e. The lowest BCUT2D eigenvalue weighted by atomic mass is 10.1. The average molecular weight is 386 g/mol. The van der Waals surface area contributed by atoms with E-state index in [0.29, 0.717) is 0 Å². The van der Waals surface area contributed by atoms with Crippen LogP contribution in [0.3, 0.4) is 0 Å². The zero-order valence-electron chi connectivity index (χ0n) is 15.9. The number of nitrogens with zero attached hydrogens (tertiary/aromatic N) is 4. The number of alkyl halides is 2. The lowest BCUT2D eigenvalue weighted by molar-refractivity contribution is 0.0972. The molecule has 7 heteroatoms. The number of aromatic nitrogens is 3. The van der Waals surface area contributed by atoms with Gasteiger partial charge in [0.25, 0.3) is 6.43 Å². The number of hydrogen-bond acceptors (Lipinski definition) is 4. The number of piperidine rings is 1. The van der Waals surface area contributed by atoms with Gasteiger partial charge < -0.3 is 9.30 Å². The van der Waals surface area contributed by atoms with E-state index in [0.717, 1.165) is 60.5 Å². The van der Waals surface area contributed by atoms with Crippen molar-refractivity contribution < 1.29 is 13.5 Å². The molecule has 0 atom stereocenters. The second-order valence-corrected chi connectivity index (χ2v) is 7.29. The molecule has 0 saturated carbocycles. The van der Waals surface area contributed by atoms with E-state index >= 15 is 0 Å². The summed E-state index contributed by atoms with van der Waals surface area (Å²) in [5.74, 6) is 0.772. The van der Waals surface area contributed by atoms with Gasteiger partial charge in [-0.3, -0.25) is 14.9 Å². The van der Waals surface area contributed by atoms with E-state index in [1.807, 2.05) is 37.4 Å². The molecule has 5 nitrogen and oxygen atoms in total. The SMILES string of the molecule is Cc1cncc(CN2CCC(Oc3cccc4c3ccn4CC(F)F)CC2)n1. The fourth-order valence-electron chi connectivity index (χ4n) is 3.79. The lowest BCUT2D eigenvalue weighted by Crippen LogP contribution is -2.38. The molecular weight excluding hydrogens is 362 g/mol. The summed E-state index contributed by atoms with van der Waals surface area (Å²) < 4.78 is 33.3. The Morgan fingerprint density at radius 3 is 2.75 bits per heavy atom. The molecule has 1 fully saturated rings. The summed E-state index contributed by atoms with van der Waals surface area (Å²) >= 11 is 0. The summed E-state index contributed by atoms with van der Waals surface area (Å²) in [6.07, 6.45) is 4.89. The summed E-state index contributed by atoms with van der Waals surface area (Å²) in [5.41, 5.74) is 2.71. The second-order valence-electron chi connectivity index (χ2n) is 7.29. The summed E-state index contributed by atoms with van der Waals surface area (Å²) in [7, 11) is 0. The first-order valence-corrected chi connectivity index (χ1v) is 9.61. The Morgan fingerprint density at radius 2 is 2.00 bits per heavy atom. The summed E-state index contributed by atoms with van der Waals surface area (Å²) in [6, 6.07) is 7.50. The number of rotatable bonds is 6. The zero-order chi connectivity index (χ0) is 19.5. The highest BCUT2D eigenvalue weighted by Gasteiger charge is 2.22. The Morgan fingerprint density at radius 1 is 1.18 bits per heavy atom. The summed E-state index contributed by atoms with van der Waals surface area (Å²) in [4.78, 5) is 11.1. The van der Waals surface area contributed by atoms with Gasteiger partial charge in [-0.1, -0.05) is 6.07 Å². The van der Waals surface area contributed by atoms with Crippen LogP contribution in [0, 0.1) is 6.92 Å². The van der Waals surface area contributed by atoms with Gasteiger partial charge in [0.2, 0.25) is 0 Å². The van der Waals surface area contributed by atoms with E-state index in [9.17, 15) is 8.78 Å². The van der Waals surface area contributed by atoms with E-state index in [1.165, 1.54) is 0 Å². The molecule has 0 amide bonds. The van der Waals surface area contributed by atoms with Crippen LogP contribution in [0.1, 0.15) is 24.2 Å². The van der Waals surface area contributed by atoms with Crippen molar-refractivity contribution in [3.8, 4) is 5.75 Å². The second kappa shape index (κ2) is 8.22. The molecular formula is C21H24F2N4O. The van der Waals surface area contributed by atoms with Crippen LogP contribution in [-0.4, -0.2) is 45.1 Å². The summed E-state index contributed by atoms with van der Waals surface area (Å²) in [6.45, 7) is 4.32. The van der Waals surface area contributed by atoms with Gasteiger partial charge >= 0.3 is 0 Å². The van der Waals surface area contributed by atoms with Crippen molar-refractivity contribution in [2.45, 2.75) is 45.4 Å². The fraction of sp³-hybridized carbons (Fsp3) is 0.429. The minimum atomic E-state index is -2.37. The first-order valence-electron chi connectivity index (χ1n) is 9.61. The third kappa shape index (κ3) is 4.30. The number of aryl methyl sites for hydroxylation is 1. The Balaban J connectivity index is 1.38. The molecule has 1 saturated heterocycles. The number of fused-ring (bicyclic) bond motifs is 1. The minimum absolute atomic E-state index is 0.129. The number of likely N-dealkylation sites (tertiary alicyclic amines) is 1. The molecule has 3 aromatic rings. The van der Waals surface area contributed by atoms with Crippen molar-refractivity contribution in [2.24, 2.45) is 0 Å². The normalized spacial score (nSPS) is 16.1. The van der Waals surface area contributed by atoms with Crippen molar-refractivity contribution in [1.82, 2.24) is 19.4 Å². The molecule has 1 aliphatic heterocycles. The van der Waals surface area contributed by atoms with Crippen molar-refractivity contribution in [3.05, 3.63) is 54.2 Å². The van der Waals surface area contributed by atoms with Gasteiger partial charge in [0.05, 0.1) is 23.4 Å². The van der Waals surface area contributed by atoms with Crippen LogP contribution in [0.4, 0.5) is 8.78 Å². The van der Waals surface area contributed by atoms with Gasteiger partial charge in [0, 0.05) is 43.6 Å². The molecule has 4 rings (SSSR count). The Kier molecular flexibility index (Phi) is 5.52. The first kappa shape index (κ1) is 18.8.